The Balaban J connectivity index is 2.55. The van der Waals surface area contributed by atoms with Crippen molar-refractivity contribution in [3.8, 4) is 12.3 Å². The van der Waals surface area contributed by atoms with Crippen molar-refractivity contribution in [1.82, 2.24) is 5.32 Å². The summed E-state index contributed by atoms with van der Waals surface area (Å²) < 4.78 is 0. The molecule has 1 aromatic carbocycles. The summed E-state index contributed by atoms with van der Waals surface area (Å²) in [6.07, 6.45) is 5.00. The lowest BCUT2D eigenvalue weighted by Crippen LogP contribution is -2.41. The van der Waals surface area contributed by atoms with Crippen LogP contribution in [0.5, 0.6) is 0 Å². The molecule has 0 heterocycles. The van der Waals surface area contributed by atoms with E-state index < -0.39 is 24.0 Å². The Bertz CT molecular complexity index is 479. The van der Waals surface area contributed by atoms with Crippen molar-refractivity contribution in [3.63, 3.8) is 0 Å². The van der Waals surface area contributed by atoms with Gasteiger partial charge in [0.2, 0.25) is 5.91 Å². The number of aliphatic carboxylic acids is 1. The second kappa shape index (κ2) is 7.19. The molecule has 0 saturated heterocycles. The van der Waals surface area contributed by atoms with Crippen LogP contribution in [0.2, 0.25) is 0 Å². The van der Waals surface area contributed by atoms with Crippen LogP contribution in [0.4, 0.5) is 0 Å². The number of amides is 1. The van der Waals surface area contributed by atoms with Crippen LogP contribution in [0.15, 0.2) is 30.3 Å². The normalized spacial score (nSPS) is 13.1. The van der Waals surface area contributed by atoms with Gasteiger partial charge in [0.25, 0.3) is 0 Å². The standard InChI is InChI=1S/C14H16N2O3/c1-2-6-12(14(18)19)16-13(17)9-11(15)10-7-4-3-5-8-10/h1,3-5,7-8,11-12H,6,9,15H2,(H,16,17)(H,18,19). The fourth-order valence-electron chi connectivity index (χ4n) is 1.59. The first kappa shape index (κ1) is 14.7. The van der Waals surface area contributed by atoms with Crippen LogP contribution in [0.1, 0.15) is 24.4 Å². The van der Waals surface area contributed by atoms with Gasteiger partial charge in [-0.05, 0) is 5.56 Å². The summed E-state index contributed by atoms with van der Waals surface area (Å²) in [5.41, 5.74) is 6.69. The van der Waals surface area contributed by atoms with Gasteiger partial charge in [-0.15, -0.1) is 12.3 Å². The number of carbonyl (C=O) groups is 2. The molecule has 4 N–H and O–H groups in total. The zero-order valence-corrected chi connectivity index (χ0v) is 10.4. The van der Waals surface area contributed by atoms with E-state index in [9.17, 15) is 9.59 Å². The highest BCUT2D eigenvalue weighted by Gasteiger charge is 2.20. The van der Waals surface area contributed by atoms with Crippen molar-refractivity contribution in [3.05, 3.63) is 35.9 Å². The van der Waals surface area contributed by atoms with Gasteiger partial charge in [0.15, 0.2) is 0 Å². The largest absolute Gasteiger partial charge is 0.480 e. The molecule has 0 aromatic heterocycles. The lowest BCUT2D eigenvalue weighted by Gasteiger charge is -2.15. The second-order valence-electron chi connectivity index (χ2n) is 4.09. The monoisotopic (exact) mass is 260 g/mol. The first-order valence-electron chi connectivity index (χ1n) is 5.80. The number of nitrogens with one attached hydrogen (secondary N) is 1. The van der Waals surface area contributed by atoms with Crippen molar-refractivity contribution in [2.75, 3.05) is 0 Å². The molecular weight excluding hydrogens is 244 g/mol. The lowest BCUT2D eigenvalue weighted by molar-refractivity contribution is -0.141. The molecule has 5 heteroatoms. The molecule has 1 amide bonds. The number of carboxylic acids is 1. The molecule has 0 spiro atoms. The van der Waals surface area contributed by atoms with E-state index in [1.807, 2.05) is 30.3 Å². The maximum atomic E-state index is 11.7. The van der Waals surface area contributed by atoms with E-state index in [1.165, 1.54) is 0 Å². The van der Waals surface area contributed by atoms with Crippen LogP contribution < -0.4 is 11.1 Å². The molecule has 0 bridgehead atoms. The molecule has 0 aliphatic carbocycles. The van der Waals surface area contributed by atoms with Gasteiger partial charge in [0.05, 0.1) is 0 Å². The Morgan fingerprint density at radius 3 is 2.53 bits per heavy atom. The molecule has 19 heavy (non-hydrogen) atoms. The average molecular weight is 260 g/mol. The Kier molecular flexibility index (Phi) is 5.58. The molecule has 1 aromatic rings. The Labute approximate surface area is 111 Å². The van der Waals surface area contributed by atoms with E-state index in [2.05, 4.69) is 11.2 Å². The second-order valence-corrected chi connectivity index (χ2v) is 4.09. The molecule has 0 fully saturated rings. The van der Waals surface area contributed by atoms with Gasteiger partial charge in [-0.1, -0.05) is 30.3 Å². The van der Waals surface area contributed by atoms with Crippen molar-refractivity contribution < 1.29 is 14.7 Å². The van der Waals surface area contributed by atoms with Gasteiger partial charge in [-0.25, -0.2) is 4.79 Å². The van der Waals surface area contributed by atoms with Crippen molar-refractivity contribution in [2.24, 2.45) is 5.73 Å². The molecule has 2 atom stereocenters. The van der Waals surface area contributed by atoms with Crippen LogP contribution in [-0.2, 0) is 9.59 Å². The fourth-order valence-corrected chi connectivity index (χ4v) is 1.59. The minimum absolute atomic E-state index is 0.0123. The highest BCUT2D eigenvalue weighted by atomic mass is 16.4. The summed E-state index contributed by atoms with van der Waals surface area (Å²) in [4.78, 5) is 22.5. The minimum atomic E-state index is -1.15. The summed E-state index contributed by atoms with van der Waals surface area (Å²) in [6, 6.07) is 7.59. The SMILES string of the molecule is C#CCC(NC(=O)CC(N)c1ccccc1)C(=O)O. The number of carbonyl (C=O) groups excluding carboxylic acids is 1. The third-order valence-electron chi connectivity index (χ3n) is 2.59. The molecule has 2 unspecified atom stereocenters. The highest BCUT2D eigenvalue weighted by Crippen LogP contribution is 2.13. The lowest BCUT2D eigenvalue weighted by atomic mass is 10.0. The van der Waals surface area contributed by atoms with Crippen LogP contribution in [-0.4, -0.2) is 23.0 Å². The van der Waals surface area contributed by atoms with E-state index >= 15 is 0 Å². The van der Waals surface area contributed by atoms with Crippen LogP contribution in [0.3, 0.4) is 0 Å². The number of rotatable bonds is 6. The predicted molar refractivity (Wildman–Crippen MR) is 71.0 cm³/mol. The maximum Gasteiger partial charge on any atom is 0.327 e. The first-order valence-corrected chi connectivity index (χ1v) is 5.80. The van der Waals surface area contributed by atoms with Gasteiger partial charge in [-0.2, -0.15) is 0 Å². The van der Waals surface area contributed by atoms with Gasteiger partial charge in [0, 0.05) is 18.9 Å². The summed E-state index contributed by atoms with van der Waals surface area (Å²) in [5.74, 6) is 0.628. The Hall–Kier alpha value is -2.32. The van der Waals surface area contributed by atoms with Crippen molar-refractivity contribution >= 4 is 11.9 Å². The van der Waals surface area contributed by atoms with Gasteiger partial charge < -0.3 is 16.2 Å². The summed E-state index contributed by atoms with van der Waals surface area (Å²) in [7, 11) is 0. The van der Waals surface area contributed by atoms with Crippen LogP contribution >= 0.6 is 0 Å². The topological polar surface area (TPSA) is 92.4 Å². The highest BCUT2D eigenvalue weighted by molar-refractivity contribution is 5.84. The van der Waals surface area contributed by atoms with Crippen LogP contribution in [0, 0.1) is 12.3 Å². The third-order valence-corrected chi connectivity index (χ3v) is 2.59. The number of benzene rings is 1. The van der Waals surface area contributed by atoms with Gasteiger partial charge in [-0.3, -0.25) is 4.79 Å². The summed E-state index contributed by atoms with van der Waals surface area (Å²) >= 11 is 0. The fraction of sp³-hybridized carbons (Fsp3) is 0.286. The minimum Gasteiger partial charge on any atom is -0.480 e. The van der Waals surface area contributed by atoms with E-state index in [0.29, 0.717) is 0 Å². The first-order chi connectivity index (χ1) is 9.04. The Morgan fingerprint density at radius 1 is 1.37 bits per heavy atom. The van der Waals surface area contributed by atoms with Gasteiger partial charge >= 0.3 is 5.97 Å². The van der Waals surface area contributed by atoms with Gasteiger partial charge in [0.1, 0.15) is 6.04 Å². The number of terminal acetylenes is 1. The molecule has 5 nitrogen and oxygen atoms in total. The van der Waals surface area contributed by atoms with E-state index in [0.717, 1.165) is 5.56 Å². The zero-order chi connectivity index (χ0) is 14.3. The molecule has 1 rings (SSSR count). The van der Waals surface area contributed by atoms with E-state index in [4.69, 9.17) is 17.3 Å². The number of nitrogens with two attached hydrogens (primary N) is 1. The number of hydrogen-bond donors (Lipinski definition) is 3. The molecule has 0 aliphatic rings. The molecule has 0 aliphatic heterocycles. The number of carboxylic acid groups (broad SMARTS) is 1. The van der Waals surface area contributed by atoms with Crippen LogP contribution in [0.25, 0.3) is 0 Å². The molecular formula is C14H16N2O3. The van der Waals surface area contributed by atoms with Crippen molar-refractivity contribution in [1.29, 1.82) is 0 Å². The zero-order valence-electron chi connectivity index (χ0n) is 10.4. The quantitative estimate of drug-likeness (QED) is 0.655. The van der Waals surface area contributed by atoms with E-state index in [-0.39, 0.29) is 12.8 Å². The summed E-state index contributed by atoms with van der Waals surface area (Å²) in [6.45, 7) is 0. The average Bonchev–Trinajstić information content (AvgIpc) is 2.39. The Morgan fingerprint density at radius 2 is 2.00 bits per heavy atom. The van der Waals surface area contributed by atoms with Crippen molar-refractivity contribution in [2.45, 2.75) is 24.9 Å². The third kappa shape index (κ3) is 4.82. The van der Waals surface area contributed by atoms with E-state index in [1.54, 1.807) is 0 Å². The molecule has 100 valence electrons. The maximum absolute atomic E-state index is 11.7. The summed E-state index contributed by atoms with van der Waals surface area (Å²) in [5, 5.41) is 11.2. The smallest absolute Gasteiger partial charge is 0.327 e. The predicted octanol–water partition coefficient (Wildman–Crippen LogP) is 0.669. The molecule has 0 radical (unpaired) electrons. The molecule has 0 saturated carbocycles. The number of hydrogen-bond acceptors (Lipinski definition) is 3.